The second-order valence-corrected chi connectivity index (χ2v) is 2.25. The van der Waals surface area contributed by atoms with Crippen LogP contribution in [0.3, 0.4) is 0 Å². The van der Waals surface area contributed by atoms with Gasteiger partial charge in [-0.3, -0.25) is 0 Å². The normalized spacial score (nSPS) is 12.4. The first-order valence-corrected chi connectivity index (χ1v) is 3.21. The van der Waals surface area contributed by atoms with E-state index in [1.807, 2.05) is 6.92 Å². The number of rotatable bonds is 2. The lowest BCUT2D eigenvalue weighted by Gasteiger charge is -1.95. The Morgan fingerprint density at radius 2 is 2.14 bits per heavy atom. The largest absolute Gasteiger partial charge is 0.328 e. The van der Waals surface area contributed by atoms with E-state index in [0.29, 0.717) is 6.04 Å². The van der Waals surface area contributed by atoms with Crippen molar-refractivity contribution in [2.24, 2.45) is 5.73 Å². The van der Waals surface area contributed by atoms with Gasteiger partial charge in [-0.1, -0.05) is 15.9 Å². The van der Waals surface area contributed by atoms with E-state index in [-0.39, 0.29) is 17.0 Å². The van der Waals surface area contributed by atoms with Crippen molar-refractivity contribution in [3.63, 3.8) is 0 Å². The van der Waals surface area contributed by atoms with Crippen LogP contribution in [-0.4, -0.2) is 11.4 Å². The van der Waals surface area contributed by atoms with E-state index in [9.17, 15) is 0 Å². The minimum atomic E-state index is 0. The molecule has 0 heterocycles. The molecule has 0 spiro atoms. The maximum absolute atomic E-state index is 5.37. The van der Waals surface area contributed by atoms with Gasteiger partial charge in [0.1, 0.15) is 0 Å². The van der Waals surface area contributed by atoms with Crippen LogP contribution in [0.2, 0.25) is 0 Å². The van der Waals surface area contributed by atoms with Crippen molar-refractivity contribution >= 4 is 32.9 Å². The minimum absolute atomic E-state index is 0. The first kappa shape index (κ1) is 10.8. The Morgan fingerprint density at radius 3 is 2.14 bits per heavy atom. The van der Waals surface area contributed by atoms with Gasteiger partial charge >= 0.3 is 0 Å². The van der Waals surface area contributed by atoms with Crippen LogP contribution in [0.25, 0.3) is 0 Å². The maximum atomic E-state index is 5.37. The zero-order chi connectivity index (χ0) is 4.99. The van der Waals surface area contributed by atoms with Crippen LogP contribution >= 0.6 is 32.9 Å². The molecule has 0 radical (unpaired) electrons. The van der Waals surface area contributed by atoms with Gasteiger partial charge < -0.3 is 5.73 Å². The highest BCUT2D eigenvalue weighted by molar-refractivity contribution is 9.09. The highest BCUT2D eigenvalue weighted by atomic mass is 79.9. The van der Waals surface area contributed by atoms with Gasteiger partial charge in [-0.2, -0.15) is 0 Å². The highest BCUT2D eigenvalue weighted by Crippen LogP contribution is 1.89. The van der Waals surface area contributed by atoms with Gasteiger partial charge in [-0.05, 0) is 13.3 Å². The van der Waals surface area contributed by atoms with E-state index in [1.54, 1.807) is 0 Å². The van der Waals surface area contributed by atoms with Gasteiger partial charge in [0.2, 0.25) is 0 Å². The van der Waals surface area contributed by atoms with Crippen LogP contribution in [0, 0.1) is 0 Å². The molecule has 3 heteroatoms. The molecule has 0 aromatic carbocycles. The molecule has 0 aliphatic heterocycles. The zero-order valence-corrected chi connectivity index (χ0v) is 7.65. The summed E-state index contributed by atoms with van der Waals surface area (Å²) in [5, 5.41) is 1.02. The van der Waals surface area contributed by atoms with Gasteiger partial charge in [0.05, 0.1) is 0 Å². The van der Waals surface area contributed by atoms with Gasteiger partial charge in [0.25, 0.3) is 0 Å². The second kappa shape index (κ2) is 6.92. The SMILES string of the molecule is Br.C[C@H](N)CCBr. The third-order valence-corrected chi connectivity index (χ3v) is 1.02. The van der Waals surface area contributed by atoms with Gasteiger partial charge in [0, 0.05) is 11.4 Å². The molecule has 0 aliphatic rings. The molecule has 0 aliphatic carbocycles. The van der Waals surface area contributed by atoms with Crippen molar-refractivity contribution < 1.29 is 0 Å². The van der Waals surface area contributed by atoms with Crippen molar-refractivity contribution in [2.45, 2.75) is 19.4 Å². The summed E-state index contributed by atoms with van der Waals surface area (Å²) < 4.78 is 0. The van der Waals surface area contributed by atoms with Crippen LogP contribution in [-0.2, 0) is 0 Å². The third kappa shape index (κ3) is 10.9. The molecular weight excluding hydrogens is 222 g/mol. The fourth-order valence-corrected chi connectivity index (χ4v) is 0.894. The fraction of sp³-hybridized carbons (Fsp3) is 1.00. The van der Waals surface area contributed by atoms with Crippen molar-refractivity contribution in [3.8, 4) is 0 Å². The Bertz CT molecular complexity index is 30.9. The Morgan fingerprint density at radius 1 is 1.71 bits per heavy atom. The monoisotopic (exact) mass is 231 g/mol. The predicted molar refractivity (Wildman–Crippen MR) is 42.4 cm³/mol. The molecule has 0 saturated carbocycles. The first-order chi connectivity index (χ1) is 2.77. The molecule has 46 valence electrons. The van der Waals surface area contributed by atoms with E-state index in [2.05, 4.69) is 15.9 Å². The summed E-state index contributed by atoms with van der Waals surface area (Å²) in [6, 6.07) is 0.351. The number of hydrogen-bond donors (Lipinski definition) is 1. The zero-order valence-electron chi connectivity index (χ0n) is 4.36. The van der Waals surface area contributed by atoms with Crippen LogP contribution in [0.15, 0.2) is 0 Å². The number of halogens is 2. The van der Waals surface area contributed by atoms with Crippen molar-refractivity contribution in [1.29, 1.82) is 0 Å². The van der Waals surface area contributed by atoms with E-state index >= 15 is 0 Å². The standard InChI is InChI=1S/C4H10BrN.BrH/c1-4(6)2-3-5;/h4H,2-3,6H2,1H3;1H/t4-;/m0./s1. The lowest BCUT2D eigenvalue weighted by molar-refractivity contribution is 0.724. The topological polar surface area (TPSA) is 26.0 Å². The lowest BCUT2D eigenvalue weighted by Crippen LogP contribution is -2.14. The average molecular weight is 233 g/mol. The van der Waals surface area contributed by atoms with Gasteiger partial charge in [0.15, 0.2) is 0 Å². The van der Waals surface area contributed by atoms with Crippen LogP contribution in [0.4, 0.5) is 0 Å². The minimum Gasteiger partial charge on any atom is -0.328 e. The highest BCUT2D eigenvalue weighted by Gasteiger charge is 1.86. The summed E-state index contributed by atoms with van der Waals surface area (Å²) in [4.78, 5) is 0. The Hall–Kier alpha value is 0.920. The van der Waals surface area contributed by atoms with Crippen molar-refractivity contribution in [2.75, 3.05) is 5.33 Å². The first-order valence-electron chi connectivity index (χ1n) is 2.09. The van der Waals surface area contributed by atoms with Crippen molar-refractivity contribution in [3.05, 3.63) is 0 Å². The summed E-state index contributed by atoms with van der Waals surface area (Å²) in [7, 11) is 0. The van der Waals surface area contributed by atoms with Crippen LogP contribution < -0.4 is 5.73 Å². The molecule has 0 aromatic rings. The molecule has 0 rings (SSSR count). The third-order valence-electron chi connectivity index (χ3n) is 0.564. The summed E-state index contributed by atoms with van der Waals surface area (Å²) in [6.07, 6.45) is 1.07. The number of hydrogen-bond acceptors (Lipinski definition) is 1. The molecular formula is C4H11Br2N. The van der Waals surface area contributed by atoms with E-state index < -0.39 is 0 Å². The summed E-state index contributed by atoms with van der Waals surface area (Å²) in [5.41, 5.74) is 5.37. The summed E-state index contributed by atoms with van der Waals surface area (Å²) in [5.74, 6) is 0. The Kier molecular flexibility index (Phi) is 10.7. The molecule has 7 heavy (non-hydrogen) atoms. The molecule has 1 nitrogen and oxygen atoms in total. The molecule has 2 N–H and O–H groups in total. The van der Waals surface area contributed by atoms with Crippen molar-refractivity contribution in [1.82, 2.24) is 0 Å². The van der Waals surface area contributed by atoms with Crippen LogP contribution in [0.1, 0.15) is 13.3 Å². The van der Waals surface area contributed by atoms with E-state index in [0.717, 1.165) is 11.8 Å². The fourth-order valence-electron chi connectivity index (χ4n) is 0.172. The maximum Gasteiger partial charge on any atom is 0.00459 e. The second-order valence-electron chi connectivity index (χ2n) is 1.45. The van der Waals surface area contributed by atoms with Gasteiger partial charge in [-0.25, -0.2) is 0 Å². The van der Waals surface area contributed by atoms with E-state index in [4.69, 9.17) is 5.73 Å². The molecule has 0 bridgehead atoms. The molecule has 0 fully saturated rings. The molecule has 0 amide bonds. The molecule has 0 saturated heterocycles. The smallest absolute Gasteiger partial charge is 0.00459 e. The van der Waals surface area contributed by atoms with E-state index in [1.165, 1.54) is 0 Å². The predicted octanol–water partition coefficient (Wildman–Crippen LogP) is 1.70. The summed E-state index contributed by atoms with van der Waals surface area (Å²) >= 11 is 3.27. The van der Waals surface area contributed by atoms with Crippen LogP contribution in [0.5, 0.6) is 0 Å². The average Bonchev–Trinajstić information content (AvgIpc) is 1.35. The Labute approximate surface area is 63.6 Å². The molecule has 0 unspecified atom stereocenters. The van der Waals surface area contributed by atoms with Gasteiger partial charge in [-0.15, -0.1) is 17.0 Å². The lowest BCUT2D eigenvalue weighted by atomic mass is 10.3. The summed E-state index contributed by atoms with van der Waals surface area (Å²) in [6.45, 7) is 2.00. The molecule has 0 aromatic heterocycles. The molecule has 1 atom stereocenters. The number of nitrogens with two attached hydrogens (primary N) is 1. The quantitative estimate of drug-likeness (QED) is 0.721. The number of alkyl halides is 1. The Balaban J connectivity index is 0.